The number of rotatable bonds is 3. The summed E-state index contributed by atoms with van der Waals surface area (Å²) < 4.78 is 0. The van der Waals surface area contributed by atoms with Gasteiger partial charge in [0.2, 0.25) is 5.91 Å². The molecule has 0 radical (unpaired) electrons. The largest absolute Gasteiger partial charge is 0.385 e. The molecule has 0 unspecified atom stereocenters. The van der Waals surface area contributed by atoms with E-state index in [1.54, 1.807) is 0 Å². The van der Waals surface area contributed by atoms with Crippen LogP contribution in [-0.4, -0.2) is 38.7 Å². The summed E-state index contributed by atoms with van der Waals surface area (Å²) in [6.45, 7) is 4.53. The average Bonchev–Trinajstić information content (AvgIpc) is 3.01. The van der Waals surface area contributed by atoms with Gasteiger partial charge in [-0.25, -0.2) is 0 Å². The highest BCUT2D eigenvalue weighted by atomic mass is 16.3. The van der Waals surface area contributed by atoms with Gasteiger partial charge < -0.3 is 10.0 Å². The maximum absolute atomic E-state index is 13.2. The molecule has 144 valence electrons. The van der Waals surface area contributed by atoms with Crippen molar-refractivity contribution in [2.45, 2.75) is 64.0 Å². The van der Waals surface area contributed by atoms with E-state index in [1.165, 1.54) is 0 Å². The second-order valence-electron chi connectivity index (χ2n) is 8.18. The highest BCUT2D eigenvalue weighted by molar-refractivity contribution is 5.80. The minimum Gasteiger partial charge on any atom is -0.385 e. The number of nitrogens with zero attached hydrogens (tertiary/aromatic N) is 2. The number of likely N-dealkylation sites (tertiary alicyclic amines) is 1. The molecule has 2 aromatic rings. The van der Waals surface area contributed by atoms with Crippen molar-refractivity contribution in [1.82, 2.24) is 15.1 Å². The second-order valence-corrected chi connectivity index (χ2v) is 8.18. The van der Waals surface area contributed by atoms with Crippen molar-refractivity contribution < 1.29 is 9.90 Å². The van der Waals surface area contributed by atoms with Crippen LogP contribution in [0.25, 0.3) is 0 Å². The highest BCUT2D eigenvalue weighted by Crippen LogP contribution is 2.47. The van der Waals surface area contributed by atoms with Gasteiger partial charge in [0, 0.05) is 29.8 Å². The third-order valence-electron chi connectivity index (χ3n) is 6.68. The summed E-state index contributed by atoms with van der Waals surface area (Å²) >= 11 is 0. The summed E-state index contributed by atoms with van der Waals surface area (Å²) in [5.41, 5.74) is 3.05. The molecule has 1 amide bonds. The molecule has 0 bridgehead atoms. The summed E-state index contributed by atoms with van der Waals surface area (Å²) in [6.07, 6.45) is 5.20. The first-order valence-electron chi connectivity index (χ1n) is 10.1. The third kappa shape index (κ3) is 3.18. The molecule has 1 aromatic heterocycles. The summed E-state index contributed by atoms with van der Waals surface area (Å²) in [5.74, 6) is 0.271. The Morgan fingerprint density at radius 3 is 2.70 bits per heavy atom. The molecule has 2 aliphatic rings. The number of piperidine rings is 1. The molecule has 1 aromatic carbocycles. The molecular formula is C22H29N3O2. The van der Waals surface area contributed by atoms with E-state index in [0.717, 1.165) is 48.2 Å². The van der Waals surface area contributed by atoms with Gasteiger partial charge in [-0.1, -0.05) is 43.2 Å². The van der Waals surface area contributed by atoms with Crippen LogP contribution >= 0.6 is 0 Å². The minimum absolute atomic E-state index is 0.109. The molecule has 1 aliphatic heterocycles. The number of amides is 1. The van der Waals surface area contributed by atoms with Gasteiger partial charge in [0.25, 0.3) is 0 Å². The van der Waals surface area contributed by atoms with Crippen molar-refractivity contribution in [1.29, 1.82) is 0 Å². The van der Waals surface area contributed by atoms with Gasteiger partial charge in [-0.3, -0.25) is 9.89 Å². The van der Waals surface area contributed by atoms with E-state index < -0.39 is 5.60 Å². The van der Waals surface area contributed by atoms with Crippen LogP contribution in [0.4, 0.5) is 0 Å². The Kier molecular flexibility index (Phi) is 4.81. The van der Waals surface area contributed by atoms with Crippen LogP contribution in [0.1, 0.15) is 54.6 Å². The molecule has 3 atom stereocenters. The topological polar surface area (TPSA) is 69.2 Å². The quantitative estimate of drug-likeness (QED) is 0.875. The number of H-pyrrole nitrogens is 1. The summed E-state index contributed by atoms with van der Waals surface area (Å²) in [7, 11) is 0. The van der Waals surface area contributed by atoms with Crippen molar-refractivity contribution in [2.75, 3.05) is 6.54 Å². The first-order valence-corrected chi connectivity index (χ1v) is 10.1. The number of benzene rings is 1. The van der Waals surface area contributed by atoms with Gasteiger partial charge in [-0.15, -0.1) is 0 Å². The number of fused-ring (bicyclic) bond motifs is 1. The molecule has 27 heavy (non-hydrogen) atoms. The predicted octanol–water partition coefficient (Wildman–Crippen LogP) is 3.25. The monoisotopic (exact) mass is 367 g/mol. The Balaban J connectivity index is 1.59. The minimum atomic E-state index is -0.829. The van der Waals surface area contributed by atoms with E-state index in [2.05, 4.69) is 10.2 Å². The number of aliphatic hydroxyl groups is 1. The molecule has 1 aliphatic carbocycles. The highest BCUT2D eigenvalue weighted by Gasteiger charge is 2.50. The van der Waals surface area contributed by atoms with Crippen molar-refractivity contribution >= 4 is 5.91 Å². The van der Waals surface area contributed by atoms with Crippen LogP contribution in [0, 0.1) is 19.8 Å². The smallest absolute Gasteiger partial charge is 0.227 e. The van der Waals surface area contributed by atoms with Crippen molar-refractivity contribution in [3.05, 3.63) is 52.8 Å². The summed E-state index contributed by atoms with van der Waals surface area (Å²) in [6, 6.07) is 10.2. The fourth-order valence-corrected chi connectivity index (χ4v) is 5.17. The van der Waals surface area contributed by atoms with E-state index in [9.17, 15) is 9.90 Å². The lowest BCUT2D eigenvalue weighted by atomic mass is 9.66. The number of carbonyl (C=O) groups excluding carboxylic acids is 1. The van der Waals surface area contributed by atoms with Crippen molar-refractivity contribution in [2.24, 2.45) is 5.92 Å². The molecule has 1 saturated heterocycles. The van der Waals surface area contributed by atoms with Crippen LogP contribution in [0.15, 0.2) is 30.3 Å². The number of hydrogen-bond donors (Lipinski definition) is 2. The Morgan fingerprint density at radius 1 is 1.26 bits per heavy atom. The van der Waals surface area contributed by atoms with Gasteiger partial charge >= 0.3 is 0 Å². The second kappa shape index (κ2) is 7.12. The molecule has 1 saturated carbocycles. The van der Waals surface area contributed by atoms with Crippen molar-refractivity contribution in [3.8, 4) is 0 Å². The maximum atomic E-state index is 13.2. The molecule has 4 rings (SSSR count). The van der Waals surface area contributed by atoms with Crippen LogP contribution in [0.3, 0.4) is 0 Å². The van der Waals surface area contributed by atoms with E-state index in [-0.39, 0.29) is 17.9 Å². The number of carbonyl (C=O) groups is 1. The van der Waals surface area contributed by atoms with Crippen LogP contribution in [0.2, 0.25) is 0 Å². The van der Waals surface area contributed by atoms with E-state index in [1.807, 2.05) is 49.1 Å². The first kappa shape index (κ1) is 18.2. The van der Waals surface area contributed by atoms with E-state index in [4.69, 9.17) is 0 Å². The number of aromatic amines is 1. The Bertz CT molecular complexity index is 797. The lowest BCUT2D eigenvalue weighted by molar-refractivity contribution is -0.154. The molecule has 5 heteroatoms. The number of nitrogens with one attached hydrogen (secondary N) is 1. The molecular weight excluding hydrogens is 338 g/mol. The summed E-state index contributed by atoms with van der Waals surface area (Å²) in [4.78, 5) is 15.2. The van der Waals surface area contributed by atoms with Crippen LogP contribution < -0.4 is 0 Å². The Labute approximate surface area is 160 Å². The Morgan fingerprint density at radius 2 is 2.00 bits per heavy atom. The van der Waals surface area contributed by atoms with E-state index >= 15 is 0 Å². The normalized spacial score (nSPS) is 28.0. The molecule has 5 nitrogen and oxygen atoms in total. The van der Waals surface area contributed by atoms with Gasteiger partial charge in [0.15, 0.2) is 0 Å². The lowest BCUT2D eigenvalue weighted by Crippen LogP contribution is -2.59. The fourth-order valence-electron chi connectivity index (χ4n) is 5.17. The van der Waals surface area contributed by atoms with E-state index in [0.29, 0.717) is 19.4 Å². The van der Waals surface area contributed by atoms with Gasteiger partial charge in [-0.2, -0.15) is 5.10 Å². The average molecular weight is 367 g/mol. The molecule has 2 N–H and O–H groups in total. The SMILES string of the molecule is Cc1n[nH]c(C)c1CC(=O)N1CC[C@@](O)(c2ccccc2)[C@H]2CCCC[C@H]21. The fraction of sp³-hybridized carbons (Fsp3) is 0.545. The standard InChI is InChI=1S/C22H29N3O2/c1-15-18(16(2)24-23-15)14-21(26)25-13-12-22(27,17-8-4-3-5-9-17)19-10-6-7-11-20(19)25/h3-5,8-9,19-20,27H,6-7,10-14H2,1-2H3,(H,23,24)/t19-,20+,22+/m0/s1. The molecule has 2 fully saturated rings. The summed E-state index contributed by atoms with van der Waals surface area (Å²) in [5, 5.41) is 18.8. The van der Waals surface area contributed by atoms with Crippen LogP contribution in [0.5, 0.6) is 0 Å². The van der Waals surface area contributed by atoms with Gasteiger partial charge in [-0.05, 0) is 38.7 Å². The van der Waals surface area contributed by atoms with Gasteiger partial charge in [0.05, 0.1) is 17.7 Å². The van der Waals surface area contributed by atoms with Crippen LogP contribution in [-0.2, 0) is 16.8 Å². The zero-order valence-electron chi connectivity index (χ0n) is 16.2. The number of aryl methyl sites for hydroxylation is 2. The molecule has 2 heterocycles. The Hall–Kier alpha value is -2.14. The third-order valence-corrected chi connectivity index (χ3v) is 6.68. The number of aromatic nitrogens is 2. The zero-order chi connectivity index (χ0) is 19.0. The molecule has 0 spiro atoms. The van der Waals surface area contributed by atoms with Gasteiger partial charge in [0.1, 0.15) is 0 Å². The number of hydrogen-bond acceptors (Lipinski definition) is 3. The predicted molar refractivity (Wildman–Crippen MR) is 104 cm³/mol. The maximum Gasteiger partial charge on any atom is 0.227 e. The zero-order valence-corrected chi connectivity index (χ0v) is 16.2. The first-order chi connectivity index (χ1) is 13.0. The lowest BCUT2D eigenvalue weighted by Gasteiger charge is -2.52. The van der Waals surface area contributed by atoms with Crippen molar-refractivity contribution in [3.63, 3.8) is 0 Å².